The number of rotatable bonds is 5. The Morgan fingerprint density at radius 2 is 2.00 bits per heavy atom. The molecule has 0 radical (unpaired) electrons. The average molecular weight is 270 g/mol. The van der Waals surface area contributed by atoms with Gasteiger partial charge in [0.25, 0.3) is 0 Å². The van der Waals surface area contributed by atoms with E-state index in [1.807, 2.05) is 4.68 Å². The molecule has 0 atom stereocenters. The molecule has 0 amide bonds. The van der Waals surface area contributed by atoms with Gasteiger partial charge in [-0.05, 0) is 40.1 Å². The zero-order chi connectivity index (χ0) is 12.9. The number of hydrogen-bond donors (Lipinski definition) is 1. The van der Waals surface area contributed by atoms with E-state index < -0.39 is 0 Å². The maximum Gasteiger partial charge on any atom is 0.137 e. The Morgan fingerprint density at radius 3 is 2.68 bits per heavy atom. The van der Waals surface area contributed by atoms with Crippen molar-refractivity contribution in [1.82, 2.24) is 14.8 Å². The van der Waals surface area contributed by atoms with Crippen LogP contribution < -0.4 is 5.32 Å². The maximum atomic E-state index is 4.10. The van der Waals surface area contributed by atoms with Gasteiger partial charge in [0, 0.05) is 12.2 Å². The molecule has 0 spiro atoms. The van der Waals surface area contributed by atoms with Gasteiger partial charge >= 0.3 is 0 Å². The van der Waals surface area contributed by atoms with Crippen LogP contribution in [0.1, 0.15) is 11.1 Å². The maximum absolute atomic E-state index is 4.10. The Bertz CT molecular complexity index is 599. The molecule has 0 aliphatic carbocycles. The van der Waals surface area contributed by atoms with Gasteiger partial charge in [0.15, 0.2) is 0 Å². The molecule has 0 saturated carbocycles. The van der Waals surface area contributed by atoms with Crippen LogP contribution in [0.15, 0.2) is 53.7 Å². The van der Waals surface area contributed by atoms with Gasteiger partial charge in [0.05, 0.1) is 6.54 Å². The summed E-state index contributed by atoms with van der Waals surface area (Å²) in [6.07, 6.45) is 3.28. The predicted octanol–water partition coefficient (Wildman–Crippen LogP) is 3.00. The van der Waals surface area contributed by atoms with E-state index in [0.29, 0.717) is 0 Å². The van der Waals surface area contributed by atoms with Crippen LogP contribution in [0.4, 0.5) is 5.69 Å². The summed E-state index contributed by atoms with van der Waals surface area (Å²) < 4.78 is 1.81. The molecule has 1 aromatic carbocycles. The fraction of sp³-hybridized carbons (Fsp3) is 0.143. The number of aromatic nitrogens is 3. The molecule has 96 valence electrons. The van der Waals surface area contributed by atoms with Gasteiger partial charge < -0.3 is 5.32 Å². The second-order valence-electron chi connectivity index (χ2n) is 4.28. The summed E-state index contributed by atoms with van der Waals surface area (Å²) in [5, 5.41) is 11.8. The van der Waals surface area contributed by atoms with Crippen LogP contribution in [-0.4, -0.2) is 14.8 Å². The molecule has 0 aliphatic heterocycles. The highest BCUT2D eigenvalue weighted by molar-refractivity contribution is 7.07. The van der Waals surface area contributed by atoms with Crippen molar-refractivity contribution in [3.05, 3.63) is 64.9 Å². The molecule has 4 nitrogen and oxygen atoms in total. The SMILES string of the molecule is c1ncn(Cc2ccc(NCc3ccsc3)cc2)n1. The minimum Gasteiger partial charge on any atom is -0.381 e. The lowest BCUT2D eigenvalue weighted by atomic mass is 10.2. The van der Waals surface area contributed by atoms with E-state index in [-0.39, 0.29) is 0 Å². The second kappa shape index (κ2) is 5.67. The van der Waals surface area contributed by atoms with Crippen molar-refractivity contribution < 1.29 is 0 Å². The molecule has 0 unspecified atom stereocenters. The first-order valence-corrected chi connectivity index (χ1v) is 7.01. The molecule has 0 aliphatic rings. The highest BCUT2D eigenvalue weighted by atomic mass is 32.1. The molecule has 19 heavy (non-hydrogen) atoms. The number of nitrogens with zero attached hydrogens (tertiary/aromatic N) is 3. The lowest BCUT2D eigenvalue weighted by Gasteiger charge is -2.06. The first-order valence-electron chi connectivity index (χ1n) is 6.06. The summed E-state index contributed by atoms with van der Waals surface area (Å²) >= 11 is 1.72. The molecule has 1 N–H and O–H groups in total. The summed E-state index contributed by atoms with van der Waals surface area (Å²) in [4.78, 5) is 3.93. The van der Waals surface area contributed by atoms with Gasteiger partial charge in [-0.25, -0.2) is 9.67 Å². The Hall–Kier alpha value is -2.14. The van der Waals surface area contributed by atoms with E-state index in [2.05, 4.69) is 56.5 Å². The monoisotopic (exact) mass is 270 g/mol. The van der Waals surface area contributed by atoms with E-state index >= 15 is 0 Å². The third-order valence-electron chi connectivity index (χ3n) is 2.84. The molecule has 0 fully saturated rings. The molecule has 0 saturated heterocycles. The largest absolute Gasteiger partial charge is 0.381 e. The summed E-state index contributed by atoms with van der Waals surface area (Å²) in [5.74, 6) is 0. The standard InChI is InChI=1S/C14H14N4S/c1-3-14(16-7-13-5-6-19-9-13)4-2-12(1)8-18-11-15-10-17-18/h1-6,9-11,16H,7-8H2. The van der Waals surface area contributed by atoms with Crippen LogP contribution in [0.3, 0.4) is 0 Å². The molecular weight excluding hydrogens is 256 g/mol. The van der Waals surface area contributed by atoms with Crippen LogP contribution in [0.5, 0.6) is 0 Å². The van der Waals surface area contributed by atoms with Gasteiger partial charge in [-0.15, -0.1) is 0 Å². The smallest absolute Gasteiger partial charge is 0.137 e. The molecule has 3 aromatic rings. The summed E-state index contributed by atoms with van der Waals surface area (Å²) in [7, 11) is 0. The molecule has 0 bridgehead atoms. The Kier molecular flexibility index (Phi) is 3.56. The van der Waals surface area contributed by atoms with Crippen molar-refractivity contribution in [3.8, 4) is 0 Å². The van der Waals surface area contributed by atoms with Gasteiger partial charge in [0.1, 0.15) is 12.7 Å². The summed E-state index contributed by atoms with van der Waals surface area (Å²) in [5.41, 5.74) is 3.66. The van der Waals surface area contributed by atoms with E-state index in [4.69, 9.17) is 0 Å². The molecule has 2 aromatic heterocycles. The minimum absolute atomic E-state index is 0.755. The zero-order valence-electron chi connectivity index (χ0n) is 10.4. The zero-order valence-corrected chi connectivity index (χ0v) is 11.2. The second-order valence-corrected chi connectivity index (χ2v) is 5.06. The topological polar surface area (TPSA) is 42.7 Å². The van der Waals surface area contributed by atoms with Gasteiger partial charge in [-0.1, -0.05) is 12.1 Å². The van der Waals surface area contributed by atoms with Crippen molar-refractivity contribution in [1.29, 1.82) is 0 Å². The molecule has 5 heteroatoms. The van der Waals surface area contributed by atoms with Gasteiger partial charge in [-0.2, -0.15) is 16.4 Å². The number of nitrogens with one attached hydrogen (secondary N) is 1. The van der Waals surface area contributed by atoms with E-state index in [0.717, 1.165) is 18.8 Å². The first kappa shape index (κ1) is 11.9. The third-order valence-corrected chi connectivity index (χ3v) is 3.57. The van der Waals surface area contributed by atoms with E-state index in [9.17, 15) is 0 Å². The number of benzene rings is 1. The van der Waals surface area contributed by atoms with Crippen LogP contribution in [0.25, 0.3) is 0 Å². The highest BCUT2D eigenvalue weighted by Gasteiger charge is 1.97. The Morgan fingerprint density at radius 1 is 1.11 bits per heavy atom. The predicted molar refractivity (Wildman–Crippen MR) is 77.2 cm³/mol. The lowest BCUT2D eigenvalue weighted by molar-refractivity contribution is 0.685. The van der Waals surface area contributed by atoms with Crippen molar-refractivity contribution in [2.45, 2.75) is 13.1 Å². The minimum atomic E-state index is 0.755. The van der Waals surface area contributed by atoms with Gasteiger partial charge in [0.2, 0.25) is 0 Å². The van der Waals surface area contributed by atoms with Crippen molar-refractivity contribution in [2.75, 3.05) is 5.32 Å². The lowest BCUT2D eigenvalue weighted by Crippen LogP contribution is -2.01. The van der Waals surface area contributed by atoms with Gasteiger partial charge in [-0.3, -0.25) is 0 Å². The molecule has 3 rings (SSSR count). The molecular formula is C14H14N4S. The first-order chi connectivity index (χ1) is 9.40. The summed E-state index contributed by atoms with van der Waals surface area (Å²) in [6.45, 7) is 1.62. The van der Waals surface area contributed by atoms with Crippen LogP contribution >= 0.6 is 11.3 Å². The number of hydrogen-bond acceptors (Lipinski definition) is 4. The molecule has 2 heterocycles. The van der Waals surface area contributed by atoms with Crippen LogP contribution in [0.2, 0.25) is 0 Å². The van der Waals surface area contributed by atoms with Crippen molar-refractivity contribution >= 4 is 17.0 Å². The van der Waals surface area contributed by atoms with Crippen molar-refractivity contribution in [2.24, 2.45) is 0 Å². The number of anilines is 1. The van der Waals surface area contributed by atoms with Crippen LogP contribution in [0, 0.1) is 0 Å². The highest BCUT2D eigenvalue weighted by Crippen LogP contribution is 2.13. The Labute approximate surface area is 115 Å². The Balaban J connectivity index is 1.59. The normalized spacial score (nSPS) is 10.5. The quantitative estimate of drug-likeness (QED) is 0.775. The van der Waals surface area contributed by atoms with Crippen LogP contribution in [-0.2, 0) is 13.1 Å². The van der Waals surface area contributed by atoms with E-state index in [1.165, 1.54) is 11.1 Å². The third kappa shape index (κ3) is 3.20. The number of thiophene rings is 1. The summed E-state index contributed by atoms with van der Waals surface area (Å²) in [6, 6.07) is 10.5. The fourth-order valence-electron chi connectivity index (χ4n) is 1.83. The van der Waals surface area contributed by atoms with Crippen molar-refractivity contribution in [3.63, 3.8) is 0 Å². The average Bonchev–Trinajstić information content (AvgIpc) is 3.11. The van der Waals surface area contributed by atoms with E-state index in [1.54, 1.807) is 24.0 Å². The fourth-order valence-corrected chi connectivity index (χ4v) is 2.50.